The highest BCUT2D eigenvalue weighted by atomic mass is 15.2. The lowest BCUT2D eigenvalue weighted by atomic mass is 10.3. The van der Waals surface area contributed by atoms with Crippen molar-refractivity contribution < 1.29 is 0 Å². The predicted octanol–water partition coefficient (Wildman–Crippen LogP) is 2.91. The topological polar surface area (TPSA) is 70.1 Å². The van der Waals surface area contributed by atoms with Gasteiger partial charge in [-0.2, -0.15) is 0 Å². The molecule has 0 aliphatic heterocycles. The van der Waals surface area contributed by atoms with Crippen LogP contribution in [0.3, 0.4) is 0 Å². The molecule has 0 aliphatic rings. The molecule has 0 fully saturated rings. The lowest BCUT2D eigenvalue weighted by Gasteiger charge is -2.18. The minimum absolute atomic E-state index is 0.644. The van der Waals surface area contributed by atoms with E-state index in [1.807, 2.05) is 6.34 Å². The molecule has 0 spiro atoms. The highest BCUT2D eigenvalue weighted by molar-refractivity contribution is 5.82. The number of aliphatic imine (C=N–C) groups is 1. The van der Waals surface area contributed by atoms with Gasteiger partial charge in [-0.05, 0) is 12.8 Å². The molecule has 0 amide bonds. The van der Waals surface area contributed by atoms with E-state index >= 15 is 0 Å². The first kappa shape index (κ1) is 14.4. The van der Waals surface area contributed by atoms with Crippen LogP contribution in [0.1, 0.15) is 39.5 Å². The molecule has 0 atom stereocenters. The normalized spacial score (nSPS) is 11.5. The molecule has 2 aromatic rings. The third-order valence-electron chi connectivity index (χ3n) is 3.14. The Kier molecular flexibility index (Phi) is 5.46. The van der Waals surface area contributed by atoms with Gasteiger partial charge in [0.1, 0.15) is 11.8 Å². The summed E-state index contributed by atoms with van der Waals surface area (Å²) in [7, 11) is 0. The van der Waals surface area contributed by atoms with Crippen LogP contribution in [0.25, 0.3) is 11.2 Å². The number of aromatic nitrogens is 4. The molecule has 0 saturated carbocycles. The van der Waals surface area contributed by atoms with Crippen LogP contribution in [0.15, 0.2) is 17.6 Å². The van der Waals surface area contributed by atoms with E-state index in [-0.39, 0.29) is 0 Å². The van der Waals surface area contributed by atoms with Gasteiger partial charge in [-0.25, -0.2) is 19.9 Å². The highest BCUT2D eigenvalue weighted by Crippen LogP contribution is 2.17. The molecule has 6 nitrogen and oxygen atoms in total. The Morgan fingerprint density at radius 2 is 1.90 bits per heavy atom. The summed E-state index contributed by atoms with van der Waals surface area (Å²) in [6.07, 6.45) is 9.75. The third-order valence-corrected chi connectivity index (χ3v) is 3.14. The van der Waals surface area contributed by atoms with Gasteiger partial charge in [0.2, 0.25) is 0 Å². The number of hydrogen-bond acceptors (Lipinski definition) is 4. The van der Waals surface area contributed by atoms with Crippen molar-refractivity contribution in [1.82, 2.24) is 24.8 Å². The van der Waals surface area contributed by atoms with Crippen LogP contribution in [-0.2, 0) is 0 Å². The number of imidazole rings is 1. The number of unbranched alkanes of at least 4 members (excludes halogenated alkanes) is 2. The van der Waals surface area contributed by atoms with Crippen molar-refractivity contribution in [2.45, 2.75) is 39.5 Å². The molecule has 0 aromatic carbocycles. The van der Waals surface area contributed by atoms with Gasteiger partial charge < -0.3 is 9.88 Å². The molecule has 0 bridgehead atoms. The standard InChI is InChI=1S/C14H22N6/c1-3-5-7-20(8-6-4-2)11-19-14-12-13(16-9-15-12)17-10-18-14/h9-11H,3-8H2,1-2H3,(H,15,16,17,18). The second-order valence-electron chi connectivity index (χ2n) is 4.79. The maximum atomic E-state index is 4.49. The Labute approximate surface area is 119 Å². The molecule has 2 rings (SSSR count). The zero-order valence-corrected chi connectivity index (χ0v) is 12.2. The predicted molar refractivity (Wildman–Crippen MR) is 81.2 cm³/mol. The zero-order valence-electron chi connectivity index (χ0n) is 12.2. The van der Waals surface area contributed by atoms with Gasteiger partial charge in [-0.3, -0.25) is 0 Å². The van der Waals surface area contributed by atoms with Crippen molar-refractivity contribution in [2.24, 2.45) is 4.99 Å². The second-order valence-corrected chi connectivity index (χ2v) is 4.79. The number of H-pyrrole nitrogens is 1. The Bertz CT molecular complexity index is 539. The Hall–Kier alpha value is -1.98. The summed E-state index contributed by atoms with van der Waals surface area (Å²) in [5, 5.41) is 0. The van der Waals surface area contributed by atoms with E-state index in [9.17, 15) is 0 Å². The lowest BCUT2D eigenvalue weighted by Crippen LogP contribution is -2.24. The summed E-state index contributed by atoms with van der Waals surface area (Å²) in [5.41, 5.74) is 1.44. The highest BCUT2D eigenvalue weighted by Gasteiger charge is 2.04. The number of nitrogens with one attached hydrogen (secondary N) is 1. The van der Waals surface area contributed by atoms with Crippen LogP contribution in [0.2, 0.25) is 0 Å². The quantitative estimate of drug-likeness (QED) is 0.593. The van der Waals surface area contributed by atoms with Crippen LogP contribution in [-0.4, -0.2) is 44.3 Å². The Morgan fingerprint density at radius 1 is 1.15 bits per heavy atom. The molecule has 108 valence electrons. The van der Waals surface area contributed by atoms with E-state index in [0.29, 0.717) is 11.5 Å². The molecular weight excluding hydrogens is 252 g/mol. The monoisotopic (exact) mass is 274 g/mol. The van der Waals surface area contributed by atoms with Gasteiger partial charge in [-0.15, -0.1) is 0 Å². The van der Waals surface area contributed by atoms with Crippen LogP contribution in [0.5, 0.6) is 0 Å². The number of rotatable bonds is 8. The van der Waals surface area contributed by atoms with E-state index in [1.165, 1.54) is 32.0 Å². The summed E-state index contributed by atoms with van der Waals surface area (Å²) in [4.78, 5) is 22.2. The largest absolute Gasteiger partial charge is 0.363 e. The van der Waals surface area contributed by atoms with E-state index in [0.717, 1.165) is 18.6 Å². The van der Waals surface area contributed by atoms with Gasteiger partial charge >= 0.3 is 0 Å². The van der Waals surface area contributed by atoms with Gasteiger partial charge in [0.15, 0.2) is 11.5 Å². The number of aromatic amines is 1. The SMILES string of the molecule is CCCCN(C=Nc1ncnc2nc[nH]c12)CCCC. The van der Waals surface area contributed by atoms with Crippen molar-refractivity contribution >= 4 is 23.3 Å². The lowest BCUT2D eigenvalue weighted by molar-refractivity contribution is 0.409. The molecule has 2 aromatic heterocycles. The molecule has 0 unspecified atom stereocenters. The number of nitrogens with zero attached hydrogens (tertiary/aromatic N) is 5. The van der Waals surface area contributed by atoms with E-state index in [4.69, 9.17) is 0 Å². The molecule has 1 N–H and O–H groups in total. The van der Waals surface area contributed by atoms with Crippen LogP contribution in [0.4, 0.5) is 5.82 Å². The first-order valence-corrected chi connectivity index (χ1v) is 7.27. The first-order valence-electron chi connectivity index (χ1n) is 7.27. The van der Waals surface area contributed by atoms with Crippen molar-refractivity contribution in [1.29, 1.82) is 0 Å². The average Bonchev–Trinajstić information content (AvgIpc) is 2.95. The zero-order chi connectivity index (χ0) is 14.2. The van der Waals surface area contributed by atoms with Crippen molar-refractivity contribution in [3.8, 4) is 0 Å². The average molecular weight is 274 g/mol. The maximum absolute atomic E-state index is 4.49. The van der Waals surface area contributed by atoms with Crippen LogP contribution < -0.4 is 0 Å². The second kappa shape index (κ2) is 7.57. The first-order chi connectivity index (χ1) is 9.85. The van der Waals surface area contributed by atoms with Crippen LogP contribution >= 0.6 is 0 Å². The molecule has 0 saturated heterocycles. The minimum Gasteiger partial charge on any atom is -0.363 e. The fraction of sp³-hybridized carbons (Fsp3) is 0.571. The molecule has 0 aliphatic carbocycles. The summed E-state index contributed by atoms with van der Waals surface area (Å²) >= 11 is 0. The van der Waals surface area contributed by atoms with Gasteiger partial charge in [0.25, 0.3) is 0 Å². The van der Waals surface area contributed by atoms with Crippen molar-refractivity contribution in [2.75, 3.05) is 13.1 Å². The third kappa shape index (κ3) is 3.76. The summed E-state index contributed by atoms with van der Waals surface area (Å²) in [6, 6.07) is 0. The van der Waals surface area contributed by atoms with Crippen molar-refractivity contribution in [3.63, 3.8) is 0 Å². The van der Waals surface area contributed by atoms with Crippen molar-refractivity contribution in [3.05, 3.63) is 12.7 Å². The van der Waals surface area contributed by atoms with E-state index in [1.54, 1.807) is 6.33 Å². The summed E-state index contributed by atoms with van der Waals surface area (Å²) in [5.74, 6) is 0.644. The summed E-state index contributed by atoms with van der Waals surface area (Å²) < 4.78 is 0. The number of hydrogen-bond donors (Lipinski definition) is 1. The fourth-order valence-corrected chi connectivity index (χ4v) is 1.94. The Morgan fingerprint density at radius 3 is 2.60 bits per heavy atom. The number of fused-ring (bicyclic) bond motifs is 1. The van der Waals surface area contributed by atoms with Gasteiger partial charge in [0, 0.05) is 13.1 Å². The van der Waals surface area contributed by atoms with Crippen LogP contribution in [0, 0.1) is 0 Å². The molecule has 2 heterocycles. The van der Waals surface area contributed by atoms with E-state index < -0.39 is 0 Å². The van der Waals surface area contributed by atoms with Gasteiger partial charge in [0.05, 0.1) is 12.7 Å². The fourth-order valence-electron chi connectivity index (χ4n) is 1.94. The maximum Gasteiger partial charge on any atom is 0.182 e. The minimum atomic E-state index is 0.644. The van der Waals surface area contributed by atoms with E-state index in [2.05, 4.69) is 43.7 Å². The molecule has 0 radical (unpaired) electrons. The molecule has 20 heavy (non-hydrogen) atoms. The molecular formula is C14H22N6. The smallest absolute Gasteiger partial charge is 0.182 e. The molecule has 6 heteroatoms. The van der Waals surface area contributed by atoms with Gasteiger partial charge in [-0.1, -0.05) is 26.7 Å². The summed E-state index contributed by atoms with van der Waals surface area (Å²) in [6.45, 7) is 6.48. The Balaban J connectivity index is 2.09.